The molecule has 0 spiro atoms. The van der Waals surface area contributed by atoms with E-state index in [-0.39, 0.29) is 18.9 Å². The van der Waals surface area contributed by atoms with Crippen molar-refractivity contribution in [1.82, 2.24) is 15.6 Å². The maximum atomic E-state index is 12.2. The van der Waals surface area contributed by atoms with Gasteiger partial charge in [0.15, 0.2) is 0 Å². The number of fused-ring (bicyclic) bond motifs is 1. The Hall–Kier alpha value is -2.83. The maximum absolute atomic E-state index is 12.2. The van der Waals surface area contributed by atoms with E-state index in [0.29, 0.717) is 6.42 Å². The largest absolute Gasteiger partial charge is 0.480 e. The summed E-state index contributed by atoms with van der Waals surface area (Å²) in [7, 11) is 0. The lowest BCUT2D eigenvalue weighted by Crippen LogP contribution is -2.46. The molecule has 1 aromatic carbocycles. The van der Waals surface area contributed by atoms with Crippen molar-refractivity contribution in [2.45, 2.75) is 96.4 Å². The number of aliphatic carboxylic acids is 1. The van der Waals surface area contributed by atoms with Crippen LogP contribution in [0.15, 0.2) is 30.5 Å². The van der Waals surface area contributed by atoms with E-state index in [0.717, 1.165) is 35.7 Å². The first-order chi connectivity index (χ1) is 16.5. The molecule has 0 aliphatic carbocycles. The van der Waals surface area contributed by atoms with E-state index in [1.54, 1.807) is 6.20 Å². The molecule has 1 atom stereocenters. The van der Waals surface area contributed by atoms with Crippen LogP contribution in [0.1, 0.15) is 89.5 Å². The lowest BCUT2D eigenvalue weighted by molar-refractivity contribution is -0.141. The highest BCUT2D eigenvalue weighted by Gasteiger charge is 2.22. The summed E-state index contributed by atoms with van der Waals surface area (Å²) >= 11 is 0. The van der Waals surface area contributed by atoms with Crippen LogP contribution in [0.4, 0.5) is 0 Å². The zero-order valence-electron chi connectivity index (χ0n) is 20.5. The standard InChI is InChI=1S/C27H41N3O4/c1-2-3-4-5-6-7-8-9-10-11-12-17-25(31)29-20-26(32)30-24(27(33)34)18-21-19-28-23-16-14-13-15-22(21)23/h13-16,19,24,28H,2-12,17-18,20H2,1H3,(H,29,31)(H,30,32)(H,33,34)/t24-/m0/s1. The molecular formula is C27H41N3O4. The van der Waals surface area contributed by atoms with Crippen molar-refractivity contribution >= 4 is 28.7 Å². The number of rotatable bonds is 18. The number of carbonyl (C=O) groups is 3. The number of carboxylic acids is 1. The van der Waals surface area contributed by atoms with E-state index in [4.69, 9.17) is 0 Å². The Morgan fingerprint density at radius 3 is 2.15 bits per heavy atom. The molecule has 1 aromatic heterocycles. The van der Waals surface area contributed by atoms with Gasteiger partial charge in [0.2, 0.25) is 11.8 Å². The molecule has 2 amide bonds. The smallest absolute Gasteiger partial charge is 0.326 e. The zero-order valence-corrected chi connectivity index (χ0v) is 20.5. The minimum absolute atomic E-state index is 0.164. The Morgan fingerprint density at radius 2 is 1.50 bits per heavy atom. The molecule has 0 radical (unpaired) electrons. The van der Waals surface area contributed by atoms with Crippen molar-refractivity contribution in [3.05, 3.63) is 36.0 Å². The maximum Gasteiger partial charge on any atom is 0.326 e. The summed E-state index contributed by atoms with van der Waals surface area (Å²) < 4.78 is 0. The summed E-state index contributed by atoms with van der Waals surface area (Å²) in [6, 6.07) is 6.56. The predicted octanol–water partition coefficient (Wildman–Crippen LogP) is 5.10. The number of hydrogen-bond acceptors (Lipinski definition) is 3. The quantitative estimate of drug-likeness (QED) is 0.227. The number of unbranched alkanes of at least 4 members (excludes halogenated alkanes) is 10. The number of nitrogens with one attached hydrogen (secondary N) is 3. The Bertz CT molecular complexity index is 893. The first-order valence-electron chi connectivity index (χ1n) is 12.8. The summed E-state index contributed by atoms with van der Waals surface area (Å²) in [5.74, 6) is -1.78. The zero-order chi connectivity index (χ0) is 24.6. The third-order valence-electron chi connectivity index (χ3n) is 6.19. The van der Waals surface area contributed by atoms with Gasteiger partial charge in [-0.25, -0.2) is 4.79 Å². The van der Waals surface area contributed by atoms with E-state index in [2.05, 4.69) is 22.5 Å². The fourth-order valence-electron chi connectivity index (χ4n) is 4.18. The molecule has 34 heavy (non-hydrogen) atoms. The number of amides is 2. The monoisotopic (exact) mass is 471 g/mol. The fourth-order valence-corrected chi connectivity index (χ4v) is 4.18. The van der Waals surface area contributed by atoms with Crippen LogP contribution in [0.2, 0.25) is 0 Å². The average molecular weight is 472 g/mol. The number of para-hydroxylation sites is 1. The number of H-pyrrole nitrogens is 1. The van der Waals surface area contributed by atoms with Gasteiger partial charge in [-0.3, -0.25) is 9.59 Å². The van der Waals surface area contributed by atoms with E-state index >= 15 is 0 Å². The minimum Gasteiger partial charge on any atom is -0.480 e. The van der Waals surface area contributed by atoms with Gasteiger partial charge < -0.3 is 20.7 Å². The molecule has 0 saturated carbocycles. The number of benzene rings is 1. The normalized spacial score (nSPS) is 11.9. The molecule has 7 heteroatoms. The van der Waals surface area contributed by atoms with Gasteiger partial charge in [-0.2, -0.15) is 0 Å². The second-order valence-electron chi connectivity index (χ2n) is 9.08. The van der Waals surface area contributed by atoms with E-state index in [1.165, 1.54) is 51.4 Å². The number of aromatic amines is 1. The van der Waals surface area contributed by atoms with Crippen molar-refractivity contribution in [2.75, 3.05) is 6.54 Å². The fraction of sp³-hybridized carbons (Fsp3) is 0.593. The van der Waals surface area contributed by atoms with E-state index < -0.39 is 17.9 Å². The van der Waals surface area contributed by atoms with E-state index in [1.807, 2.05) is 24.3 Å². The van der Waals surface area contributed by atoms with Crippen molar-refractivity contribution in [3.8, 4) is 0 Å². The molecule has 2 aromatic rings. The third-order valence-corrected chi connectivity index (χ3v) is 6.19. The van der Waals surface area contributed by atoms with Crippen LogP contribution in [-0.4, -0.2) is 40.5 Å². The third kappa shape index (κ3) is 10.4. The van der Waals surface area contributed by atoms with Crippen LogP contribution < -0.4 is 10.6 Å². The second kappa shape index (κ2) is 15.9. The minimum atomic E-state index is -1.11. The molecule has 188 valence electrons. The van der Waals surface area contributed by atoms with Crippen LogP contribution in [-0.2, 0) is 20.8 Å². The Kier molecular flexibility index (Phi) is 12.8. The summed E-state index contributed by atoms with van der Waals surface area (Å²) in [6.45, 7) is 2.02. The Morgan fingerprint density at radius 1 is 0.882 bits per heavy atom. The number of hydrogen-bond donors (Lipinski definition) is 4. The molecule has 2 rings (SSSR count). The van der Waals surface area contributed by atoms with Crippen molar-refractivity contribution in [1.29, 1.82) is 0 Å². The van der Waals surface area contributed by atoms with Crippen LogP contribution in [0.25, 0.3) is 10.9 Å². The second-order valence-corrected chi connectivity index (χ2v) is 9.08. The molecule has 0 bridgehead atoms. The summed E-state index contributed by atoms with van der Waals surface area (Å²) in [5, 5.41) is 15.6. The molecule has 0 fully saturated rings. The summed E-state index contributed by atoms with van der Waals surface area (Å²) in [4.78, 5) is 39.0. The predicted molar refractivity (Wildman–Crippen MR) is 136 cm³/mol. The van der Waals surface area contributed by atoms with E-state index in [9.17, 15) is 19.5 Å². The van der Waals surface area contributed by atoms with Gasteiger partial charge in [-0.1, -0.05) is 89.3 Å². The van der Waals surface area contributed by atoms with Gasteiger partial charge in [-0.15, -0.1) is 0 Å². The SMILES string of the molecule is CCCCCCCCCCCCCC(=O)NCC(=O)N[C@@H](Cc1c[nH]c2ccccc12)C(=O)O. The van der Waals surface area contributed by atoms with Crippen molar-refractivity contribution < 1.29 is 19.5 Å². The Labute approximate surface area is 203 Å². The van der Waals surface area contributed by atoms with Gasteiger partial charge in [0.1, 0.15) is 6.04 Å². The summed E-state index contributed by atoms with van der Waals surface area (Å²) in [6.07, 6.45) is 15.7. The molecule has 4 N–H and O–H groups in total. The van der Waals surface area contributed by atoms with Crippen molar-refractivity contribution in [2.24, 2.45) is 0 Å². The summed E-state index contributed by atoms with van der Waals surface area (Å²) in [5.41, 5.74) is 1.74. The van der Waals surface area contributed by atoms with Crippen LogP contribution in [0.5, 0.6) is 0 Å². The first-order valence-corrected chi connectivity index (χ1v) is 12.8. The highest BCUT2D eigenvalue weighted by Crippen LogP contribution is 2.19. The number of aromatic nitrogens is 1. The molecule has 0 aliphatic heterocycles. The van der Waals surface area contributed by atoms with Crippen molar-refractivity contribution in [3.63, 3.8) is 0 Å². The molecule has 0 unspecified atom stereocenters. The topological polar surface area (TPSA) is 111 Å². The highest BCUT2D eigenvalue weighted by molar-refractivity contribution is 5.89. The van der Waals surface area contributed by atoms with Gasteiger partial charge in [0, 0.05) is 29.9 Å². The molecule has 1 heterocycles. The van der Waals surface area contributed by atoms with Crippen LogP contribution >= 0.6 is 0 Å². The van der Waals surface area contributed by atoms with Gasteiger partial charge in [-0.05, 0) is 18.1 Å². The molecule has 0 saturated heterocycles. The molecular weight excluding hydrogens is 430 g/mol. The highest BCUT2D eigenvalue weighted by atomic mass is 16.4. The Balaban J connectivity index is 1.57. The number of carbonyl (C=O) groups excluding carboxylic acids is 2. The van der Waals surface area contributed by atoms with Gasteiger partial charge in [0.25, 0.3) is 0 Å². The van der Waals surface area contributed by atoms with Crippen LogP contribution in [0, 0.1) is 0 Å². The molecule has 0 aliphatic rings. The average Bonchev–Trinajstić information content (AvgIpc) is 3.23. The van der Waals surface area contributed by atoms with Crippen LogP contribution in [0.3, 0.4) is 0 Å². The first kappa shape index (κ1) is 27.4. The van der Waals surface area contributed by atoms with Gasteiger partial charge in [0.05, 0.1) is 6.54 Å². The lowest BCUT2D eigenvalue weighted by Gasteiger charge is -2.14. The lowest BCUT2D eigenvalue weighted by atomic mass is 10.0. The number of carboxylic acid groups (broad SMARTS) is 1. The molecule has 7 nitrogen and oxygen atoms in total. The van der Waals surface area contributed by atoms with Gasteiger partial charge >= 0.3 is 5.97 Å².